The van der Waals surface area contributed by atoms with Crippen LogP contribution in [0.15, 0.2) is 138 Å². The summed E-state index contributed by atoms with van der Waals surface area (Å²) in [7, 11) is 0. The molecule has 0 spiro atoms. The van der Waals surface area contributed by atoms with Crippen LogP contribution in [-0.2, 0) is 0 Å². The average molecular weight is 596 g/mol. The summed E-state index contributed by atoms with van der Waals surface area (Å²) in [6.45, 7) is 0. The zero-order valence-corrected chi connectivity index (χ0v) is 26.0. The molecule has 0 aliphatic heterocycles. The summed E-state index contributed by atoms with van der Waals surface area (Å²) in [6, 6.07) is 48.8. The Morgan fingerprint density at radius 2 is 0.978 bits per heavy atom. The summed E-state index contributed by atoms with van der Waals surface area (Å²) in [5, 5.41) is 6.09. The predicted octanol–water partition coefficient (Wildman–Crippen LogP) is 12.2. The van der Waals surface area contributed by atoms with E-state index in [-0.39, 0.29) is 5.54 Å². The highest BCUT2D eigenvalue weighted by atomic mass is 16.3. The number of rotatable bonds is 5. The van der Waals surface area contributed by atoms with Crippen molar-refractivity contribution in [1.82, 2.24) is 0 Å². The first kappa shape index (κ1) is 26.4. The largest absolute Gasteiger partial charge is 0.455 e. The molecule has 0 amide bonds. The van der Waals surface area contributed by atoms with Crippen molar-refractivity contribution in [2.45, 2.75) is 44.1 Å². The van der Waals surface area contributed by atoms with Gasteiger partial charge in [0.05, 0.1) is 0 Å². The summed E-state index contributed by atoms with van der Waals surface area (Å²) >= 11 is 0. The molecule has 0 N–H and O–H groups in total. The van der Waals surface area contributed by atoms with Crippen LogP contribution in [0.3, 0.4) is 0 Å². The molecule has 1 aromatic heterocycles. The monoisotopic (exact) mass is 595 g/mol. The zero-order chi connectivity index (χ0) is 30.2. The highest BCUT2D eigenvalue weighted by molar-refractivity contribution is 6.28. The number of fused-ring (bicyclic) bond motifs is 6. The Kier molecular flexibility index (Phi) is 5.79. The van der Waals surface area contributed by atoms with Crippen LogP contribution in [0.4, 0.5) is 11.4 Å². The van der Waals surface area contributed by atoms with Gasteiger partial charge in [0.15, 0.2) is 0 Å². The SMILES string of the molecule is c1ccc(-c2oc3c4ccccc4c4ccccc4c3c2-c2ccc(N(c3ccccc3)C34CC5CC(CC(C5)C3)C4)cc2)cc1. The van der Waals surface area contributed by atoms with Crippen LogP contribution in [0.1, 0.15) is 38.5 Å². The molecule has 2 nitrogen and oxygen atoms in total. The van der Waals surface area contributed by atoms with Crippen molar-refractivity contribution in [1.29, 1.82) is 0 Å². The van der Waals surface area contributed by atoms with E-state index in [2.05, 4.69) is 138 Å². The topological polar surface area (TPSA) is 16.4 Å². The van der Waals surface area contributed by atoms with Crippen molar-refractivity contribution in [3.8, 4) is 22.5 Å². The highest BCUT2D eigenvalue weighted by Gasteiger charge is 2.54. The second kappa shape index (κ2) is 10.1. The van der Waals surface area contributed by atoms with Gasteiger partial charge in [-0.3, -0.25) is 0 Å². The van der Waals surface area contributed by atoms with Gasteiger partial charge in [-0.1, -0.05) is 109 Å². The number of benzene rings is 6. The van der Waals surface area contributed by atoms with E-state index in [0.29, 0.717) is 0 Å². The zero-order valence-electron chi connectivity index (χ0n) is 26.0. The Balaban J connectivity index is 1.19. The standard InChI is InChI=1S/C44H37NO/c1-3-11-33(12-4-1)42-40(41-38-17-9-7-15-36(38)37-16-8-10-18-39(37)43(41)46-42)32-19-21-35(22-20-32)45(34-13-5-2-6-14-34)44-26-29-23-30(27-44)25-31(24-29)28-44/h1-22,29-31H,23-28H2. The molecule has 4 bridgehead atoms. The maximum absolute atomic E-state index is 6.96. The van der Waals surface area contributed by atoms with Gasteiger partial charge in [0, 0.05) is 38.8 Å². The number of para-hydroxylation sites is 1. The van der Waals surface area contributed by atoms with Gasteiger partial charge < -0.3 is 9.32 Å². The smallest absolute Gasteiger partial charge is 0.143 e. The number of nitrogens with zero attached hydrogens (tertiary/aromatic N) is 1. The number of furan rings is 1. The lowest BCUT2D eigenvalue weighted by Crippen LogP contribution is -2.58. The molecule has 0 radical (unpaired) electrons. The minimum absolute atomic E-state index is 0.213. The molecule has 0 saturated heterocycles. The third-order valence-corrected chi connectivity index (χ3v) is 11.5. The van der Waals surface area contributed by atoms with Crippen LogP contribution < -0.4 is 4.90 Å². The normalized spacial score (nSPS) is 23.4. The third-order valence-electron chi connectivity index (χ3n) is 11.5. The summed E-state index contributed by atoms with van der Waals surface area (Å²) < 4.78 is 6.96. The summed E-state index contributed by atoms with van der Waals surface area (Å²) in [4.78, 5) is 2.75. The quantitative estimate of drug-likeness (QED) is 0.184. The van der Waals surface area contributed by atoms with Gasteiger partial charge in [-0.05, 0) is 102 Å². The molecule has 7 aromatic rings. The first-order valence-electron chi connectivity index (χ1n) is 17.1. The molecule has 0 unspecified atom stereocenters. The first-order valence-corrected chi connectivity index (χ1v) is 17.1. The number of anilines is 2. The van der Waals surface area contributed by atoms with Crippen LogP contribution in [0, 0.1) is 17.8 Å². The molecule has 4 aliphatic carbocycles. The van der Waals surface area contributed by atoms with Crippen molar-refractivity contribution < 1.29 is 4.42 Å². The van der Waals surface area contributed by atoms with E-state index in [4.69, 9.17) is 4.42 Å². The highest BCUT2D eigenvalue weighted by Crippen LogP contribution is 2.60. The summed E-state index contributed by atoms with van der Waals surface area (Å²) in [5.74, 6) is 3.58. The molecule has 4 saturated carbocycles. The lowest BCUT2D eigenvalue weighted by molar-refractivity contribution is 0.000557. The Labute approximate surface area is 270 Å². The molecule has 0 atom stereocenters. The summed E-state index contributed by atoms with van der Waals surface area (Å²) in [6.07, 6.45) is 8.29. The van der Waals surface area contributed by atoms with E-state index in [0.717, 1.165) is 40.0 Å². The molecular formula is C44H37NO. The van der Waals surface area contributed by atoms with Gasteiger partial charge in [0.1, 0.15) is 11.3 Å². The fraction of sp³-hybridized carbons (Fsp3) is 0.227. The van der Waals surface area contributed by atoms with Crippen molar-refractivity contribution in [2.75, 3.05) is 4.90 Å². The van der Waals surface area contributed by atoms with Gasteiger partial charge in [-0.15, -0.1) is 0 Å². The summed E-state index contributed by atoms with van der Waals surface area (Å²) in [5.41, 5.74) is 7.28. The van der Waals surface area contributed by atoms with Crippen LogP contribution in [0.2, 0.25) is 0 Å². The van der Waals surface area contributed by atoms with Crippen LogP contribution in [0.5, 0.6) is 0 Å². The van der Waals surface area contributed by atoms with Crippen molar-refractivity contribution >= 4 is 43.9 Å². The van der Waals surface area contributed by atoms with Crippen LogP contribution in [0.25, 0.3) is 55.0 Å². The maximum atomic E-state index is 6.96. The second-order valence-electron chi connectivity index (χ2n) is 14.3. The van der Waals surface area contributed by atoms with Gasteiger partial charge in [-0.2, -0.15) is 0 Å². The van der Waals surface area contributed by atoms with Crippen LogP contribution in [-0.4, -0.2) is 5.54 Å². The van der Waals surface area contributed by atoms with E-state index in [9.17, 15) is 0 Å². The van der Waals surface area contributed by atoms with Gasteiger partial charge in [0.2, 0.25) is 0 Å². The molecule has 11 rings (SSSR count). The van der Waals surface area contributed by atoms with Gasteiger partial charge >= 0.3 is 0 Å². The molecule has 224 valence electrons. The predicted molar refractivity (Wildman–Crippen MR) is 192 cm³/mol. The maximum Gasteiger partial charge on any atom is 0.143 e. The fourth-order valence-corrected chi connectivity index (χ4v) is 10.2. The van der Waals surface area contributed by atoms with E-state index >= 15 is 0 Å². The molecular weight excluding hydrogens is 558 g/mol. The van der Waals surface area contributed by atoms with E-state index in [1.165, 1.54) is 82.6 Å². The fourth-order valence-electron chi connectivity index (χ4n) is 10.2. The van der Waals surface area contributed by atoms with Crippen molar-refractivity contribution in [3.05, 3.63) is 133 Å². The number of hydrogen-bond acceptors (Lipinski definition) is 2. The molecule has 4 fully saturated rings. The van der Waals surface area contributed by atoms with Crippen molar-refractivity contribution in [2.24, 2.45) is 17.8 Å². The Morgan fingerprint density at radius 1 is 0.478 bits per heavy atom. The van der Waals surface area contributed by atoms with Gasteiger partial charge in [0.25, 0.3) is 0 Å². The Hall–Kier alpha value is -4.82. The third kappa shape index (κ3) is 3.95. The van der Waals surface area contributed by atoms with E-state index in [1.54, 1.807) is 0 Å². The lowest BCUT2D eigenvalue weighted by Gasteiger charge is -2.61. The lowest BCUT2D eigenvalue weighted by atomic mass is 9.52. The average Bonchev–Trinajstić information content (AvgIpc) is 3.50. The van der Waals surface area contributed by atoms with Crippen LogP contribution >= 0.6 is 0 Å². The second-order valence-corrected chi connectivity index (χ2v) is 14.3. The number of hydrogen-bond donors (Lipinski definition) is 0. The molecule has 6 aromatic carbocycles. The minimum Gasteiger partial charge on any atom is -0.455 e. The molecule has 4 aliphatic rings. The van der Waals surface area contributed by atoms with Gasteiger partial charge in [-0.25, -0.2) is 0 Å². The van der Waals surface area contributed by atoms with Crippen molar-refractivity contribution in [3.63, 3.8) is 0 Å². The molecule has 2 heteroatoms. The Bertz CT molecular complexity index is 2190. The van der Waals surface area contributed by atoms with E-state index in [1.807, 2.05) is 0 Å². The molecule has 1 heterocycles. The van der Waals surface area contributed by atoms with E-state index < -0.39 is 0 Å². The Morgan fingerprint density at radius 3 is 1.61 bits per heavy atom. The first-order chi connectivity index (χ1) is 22.7. The minimum atomic E-state index is 0.213. The molecule has 46 heavy (non-hydrogen) atoms.